The van der Waals surface area contributed by atoms with Crippen molar-refractivity contribution in [2.24, 2.45) is 0 Å². The molecule has 3 aliphatic heterocycles. The Morgan fingerprint density at radius 2 is 1.58 bits per heavy atom. The predicted octanol–water partition coefficient (Wildman–Crippen LogP) is 1.87. The number of anilines is 2. The van der Waals surface area contributed by atoms with E-state index in [1.165, 1.54) is 0 Å². The zero-order chi connectivity index (χ0) is 22.2. The van der Waals surface area contributed by atoms with Crippen molar-refractivity contribution in [2.45, 2.75) is 38.8 Å². The first-order valence-corrected chi connectivity index (χ1v) is 10.9. The molecule has 0 aliphatic carbocycles. The van der Waals surface area contributed by atoms with Gasteiger partial charge in [-0.25, -0.2) is 9.59 Å². The first-order valence-electron chi connectivity index (χ1n) is 10.9. The lowest BCUT2D eigenvalue weighted by molar-refractivity contribution is -0.120. The minimum Gasteiger partial charge on any atom is -0.444 e. The minimum absolute atomic E-state index is 0.226. The highest BCUT2D eigenvalue weighted by Gasteiger charge is 2.38. The molecule has 4 amide bonds. The summed E-state index contributed by atoms with van der Waals surface area (Å²) in [5.74, 6) is -0.226. The van der Waals surface area contributed by atoms with Gasteiger partial charge in [-0.2, -0.15) is 0 Å². The molecule has 168 valence electrons. The summed E-state index contributed by atoms with van der Waals surface area (Å²) in [6.07, 6.45) is 0.0938. The van der Waals surface area contributed by atoms with Crippen LogP contribution in [0.5, 0.6) is 0 Å². The molecule has 3 heterocycles. The molecule has 3 fully saturated rings. The van der Waals surface area contributed by atoms with Crippen LogP contribution in [-0.2, 0) is 9.53 Å². The zero-order valence-corrected chi connectivity index (χ0v) is 18.5. The third-order valence-corrected chi connectivity index (χ3v) is 5.93. The van der Waals surface area contributed by atoms with Crippen molar-refractivity contribution in [1.29, 1.82) is 0 Å². The normalized spacial score (nSPS) is 21.1. The van der Waals surface area contributed by atoms with Crippen LogP contribution in [0.15, 0.2) is 24.3 Å². The number of ether oxygens (including phenoxy) is 1. The van der Waals surface area contributed by atoms with Crippen LogP contribution in [0.1, 0.15) is 27.2 Å². The number of hydrogen-bond donors (Lipinski definition) is 1. The molecule has 0 bridgehead atoms. The van der Waals surface area contributed by atoms with Gasteiger partial charge in [-0.1, -0.05) is 0 Å². The Bertz CT molecular complexity index is 836. The van der Waals surface area contributed by atoms with Gasteiger partial charge in [-0.15, -0.1) is 0 Å². The number of carbonyl (C=O) groups is 3. The molecule has 0 aromatic heterocycles. The Hall–Kier alpha value is -2.81. The Morgan fingerprint density at radius 1 is 0.968 bits per heavy atom. The first-order chi connectivity index (χ1) is 14.7. The average molecular weight is 430 g/mol. The maximum atomic E-state index is 12.1. The molecule has 0 spiro atoms. The van der Waals surface area contributed by atoms with Crippen molar-refractivity contribution >= 4 is 29.4 Å². The van der Waals surface area contributed by atoms with Crippen LogP contribution in [0, 0.1) is 0 Å². The van der Waals surface area contributed by atoms with Gasteiger partial charge in [-0.05, 0) is 45.0 Å². The number of hydrogen-bond acceptors (Lipinski definition) is 6. The maximum Gasteiger partial charge on any atom is 0.410 e. The third-order valence-electron chi connectivity index (χ3n) is 5.93. The summed E-state index contributed by atoms with van der Waals surface area (Å²) in [5.41, 5.74) is 1.46. The van der Waals surface area contributed by atoms with Gasteiger partial charge in [0, 0.05) is 69.7 Å². The molecule has 0 unspecified atom stereocenters. The number of rotatable bonds is 3. The molecular weight excluding hydrogens is 398 g/mol. The summed E-state index contributed by atoms with van der Waals surface area (Å²) in [7, 11) is 0. The molecule has 1 aromatic rings. The molecule has 3 saturated heterocycles. The highest BCUT2D eigenvalue weighted by Crippen LogP contribution is 2.25. The molecule has 0 saturated carbocycles. The van der Waals surface area contributed by atoms with Crippen LogP contribution in [-0.4, -0.2) is 85.3 Å². The second-order valence-corrected chi connectivity index (χ2v) is 9.33. The molecule has 31 heavy (non-hydrogen) atoms. The summed E-state index contributed by atoms with van der Waals surface area (Å²) in [6, 6.07) is 7.96. The molecule has 1 aromatic carbocycles. The van der Waals surface area contributed by atoms with E-state index < -0.39 is 5.60 Å². The number of amides is 4. The SMILES string of the molecule is CC(C)(C)OC(=O)N1CC(N2CCN(c3ccc(N4CCC(=O)NC4=O)cc3)CC2)C1. The molecule has 0 atom stereocenters. The molecule has 0 radical (unpaired) electrons. The summed E-state index contributed by atoms with van der Waals surface area (Å²) in [5, 5.41) is 2.35. The minimum atomic E-state index is -0.460. The van der Waals surface area contributed by atoms with Crippen molar-refractivity contribution in [1.82, 2.24) is 15.1 Å². The van der Waals surface area contributed by atoms with Crippen molar-refractivity contribution in [3.63, 3.8) is 0 Å². The quantitative estimate of drug-likeness (QED) is 0.790. The first kappa shape index (κ1) is 21.4. The Morgan fingerprint density at radius 3 is 2.16 bits per heavy atom. The van der Waals surface area contributed by atoms with E-state index in [9.17, 15) is 14.4 Å². The topological polar surface area (TPSA) is 85.4 Å². The van der Waals surface area contributed by atoms with Crippen LogP contribution in [0.2, 0.25) is 0 Å². The zero-order valence-electron chi connectivity index (χ0n) is 18.5. The lowest BCUT2D eigenvalue weighted by atomic mass is 10.1. The van der Waals surface area contributed by atoms with E-state index in [4.69, 9.17) is 4.74 Å². The summed E-state index contributed by atoms with van der Waals surface area (Å²) >= 11 is 0. The summed E-state index contributed by atoms with van der Waals surface area (Å²) in [6.45, 7) is 11.2. The van der Waals surface area contributed by atoms with Gasteiger partial charge in [0.05, 0.1) is 0 Å². The van der Waals surface area contributed by atoms with Crippen molar-refractivity contribution < 1.29 is 19.1 Å². The van der Waals surface area contributed by atoms with Crippen molar-refractivity contribution in [2.75, 3.05) is 55.6 Å². The number of nitrogens with one attached hydrogen (secondary N) is 1. The van der Waals surface area contributed by atoms with Gasteiger partial charge >= 0.3 is 12.1 Å². The molecule has 9 nitrogen and oxygen atoms in total. The summed E-state index contributed by atoms with van der Waals surface area (Å²) < 4.78 is 5.43. The number of nitrogens with zero attached hydrogens (tertiary/aromatic N) is 4. The van der Waals surface area contributed by atoms with E-state index in [0.29, 0.717) is 19.0 Å². The van der Waals surface area contributed by atoms with E-state index in [-0.39, 0.29) is 18.0 Å². The Labute approximate surface area is 182 Å². The number of imide groups is 1. The average Bonchev–Trinajstić information content (AvgIpc) is 2.66. The van der Waals surface area contributed by atoms with Crippen LogP contribution in [0.4, 0.5) is 21.0 Å². The van der Waals surface area contributed by atoms with E-state index >= 15 is 0 Å². The maximum absolute atomic E-state index is 12.1. The standard InChI is InChI=1S/C22H31N5O4/c1-22(2,3)31-21(30)26-14-18(15-26)25-12-10-24(11-13-25)16-4-6-17(7-5-16)27-9-8-19(28)23-20(27)29/h4-7,18H,8-15H2,1-3H3,(H,23,28,29). The highest BCUT2D eigenvalue weighted by molar-refractivity contribution is 6.05. The van der Waals surface area contributed by atoms with Crippen LogP contribution < -0.4 is 15.1 Å². The number of benzene rings is 1. The molecule has 3 aliphatic rings. The third kappa shape index (κ3) is 4.92. The smallest absolute Gasteiger partial charge is 0.410 e. The van der Waals surface area contributed by atoms with Gasteiger partial charge in [-0.3, -0.25) is 19.9 Å². The van der Waals surface area contributed by atoms with Gasteiger partial charge < -0.3 is 14.5 Å². The summed E-state index contributed by atoms with van der Waals surface area (Å²) in [4.78, 5) is 43.6. The fourth-order valence-electron chi connectivity index (χ4n) is 4.16. The number of urea groups is 1. The number of likely N-dealkylation sites (tertiary alicyclic amines) is 1. The van der Waals surface area contributed by atoms with Crippen LogP contribution in [0.25, 0.3) is 0 Å². The van der Waals surface area contributed by atoms with E-state index in [1.807, 2.05) is 45.0 Å². The Balaban J connectivity index is 1.25. The number of piperazine rings is 1. The van der Waals surface area contributed by atoms with E-state index in [0.717, 1.165) is 50.6 Å². The van der Waals surface area contributed by atoms with Gasteiger partial charge in [0.1, 0.15) is 5.60 Å². The van der Waals surface area contributed by atoms with E-state index in [2.05, 4.69) is 15.1 Å². The second kappa shape index (κ2) is 8.37. The molecule has 9 heteroatoms. The van der Waals surface area contributed by atoms with Crippen LogP contribution >= 0.6 is 0 Å². The predicted molar refractivity (Wildman–Crippen MR) is 117 cm³/mol. The fourth-order valence-corrected chi connectivity index (χ4v) is 4.16. The highest BCUT2D eigenvalue weighted by atomic mass is 16.6. The van der Waals surface area contributed by atoms with Crippen LogP contribution in [0.3, 0.4) is 0 Å². The van der Waals surface area contributed by atoms with Gasteiger partial charge in [0.2, 0.25) is 5.91 Å². The van der Waals surface area contributed by atoms with Crippen molar-refractivity contribution in [3.8, 4) is 0 Å². The fraction of sp³-hybridized carbons (Fsp3) is 0.591. The molecule has 1 N–H and O–H groups in total. The van der Waals surface area contributed by atoms with E-state index in [1.54, 1.807) is 9.80 Å². The monoisotopic (exact) mass is 429 g/mol. The van der Waals surface area contributed by atoms with Crippen molar-refractivity contribution in [3.05, 3.63) is 24.3 Å². The largest absolute Gasteiger partial charge is 0.444 e. The lowest BCUT2D eigenvalue weighted by Gasteiger charge is -2.48. The van der Waals surface area contributed by atoms with Gasteiger partial charge in [0.15, 0.2) is 0 Å². The Kier molecular flexibility index (Phi) is 5.79. The molecular formula is C22H31N5O4. The van der Waals surface area contributed by atoms with Gasteiger partial charge in [0.25, 0.3) is 0 Å². The molecule has 4 rings (SSSR count). The second-order valence-electron chi connectivity index (χ2n) is 9.33. The number of carbonyl (C=O) groups excluding carboxylic acids is 3. The lowest BCUT2D eigenvalue weighted by Crippen LogP contribution is -2.64.